The molecule has 0 heterocycles. The summed E-state index contributed by atoms with van der Waals surface area (Å²) in [5, 5.41) is 3.26. The summed E-state index contributed by atoms with van der Waals surface area (Å²) in [7, 11) is -4.54. The second kappa shape index (κ2) is 7.69. The van der Waals surface area contributed by atoms with Gasteiger partial charge < -0.3 is 5.32 Å². The van der Waals surface area contributed by atoms with Gasteiger partial charge in [0.25, 0.3) is 0 Å². The van der Waals surface area contributed by atoms with E-state index in [0.717, 1.165) is 19.4 Å². The molecule has 1 aromatic carbocycles. The van der Waals surface area contributed by atoms with E-state index in [4.69, 9.17) is 0 Å². The van der Waals surface area contributed by atoms with Crippen molar-refractivity contribution < 1.29 is 17.2 Å². The molecule has 0 aliphatic carbocycles. The van der Waals surface area contributed by atoms with Crippen LogP contribution in [0, 0.1) is 0 Å². The van der Waals surface area contributed by atoms with Crippen LogP contribution < -0.4 is 5.32 Å². The molecule has 1 rings (SSSR count). The summed E-state index contributed by atoms with van der Waals surface area (Å²) in [6, 6.07) is 6.11. The van der Waals surface area contributed by atoms with Gasteiger partial charge in [0.1, 0.15) is 0 Å². The zero-order chi connectivity index (χ0) is 15.2. The smallest absolute Gasteiger partial charge is 0.314 e. The van der Waals surface area contributed by atoms with Crippen LogP contribution in [0.2, 0.25) is 0 Å². The van der Waals surface area contributed by atoms with Gasteiger partial charge in [-0.2, -0.15) is 8.78 Å². The standard InChI is InChI=1S/C14H21F2NO2S/c1-3-7-12(17-4-2)10-11-8-5-6-9-13(11)20(18,19)14(15)16/h5-6,8-9,12,14,17H,3-4,7,10H2,1-2H3. The highest BCUT2D eigenvalue weighted by atomic mass is 32.2. The fourth-order valence-electron chi connectivity index (χ4n) is 2.22. The summed E-state index contributed by atoms with van der Waals surface area (Å²) in [4.78, 5) is -0.256. The summed E-state index contributed by atoms with van der Waals surface area (Å²) in [6.07, 6.45) is 2.25. The van der Waals surface area contributed by atoms with Crippen molar-refractivity contribution >= 4 is 9.84 Å². The molecule has 1 unspecified atom stereocenters. The van der Waals surface area contributed by atoms with Crippen molar-refractivity contribution in [1.29, 1.82) is 0 Å². The molecule has 0 bridgehead atoms. The van der Waals surface area contributed by atoms with Crippen molar-refractivity contribution in [3.05, 3.63) is 29.8 Å². The Morgan fingerprint density at radius 3 is 2.40 bits per heavy atom. The third-order valence-corrected chi connectivity index (χ3v) is 4.59. The van der Waals surface area contributed by atoms with Crippen LogP contribution in [0.25, 0.3) is 0 Å². The predicted molar refractivity (Wildman–Crippen MR) is 75.7 cm³/mol. The zero-order valence-electron chi connectivity index (χ0n) is 11.8. The van der Waals surface area contributed by atoms with E-state index in [1.165, 1.54) is 12.1 Å². The minimum atomic E-state index is -4.54. The lowest BCUT2D eigenvalue weighted by Crippen LogP contribution is -2.31. The van der Waals surface area contributed by atoms with Gasteiger partial charge in [0, 0.05) is 6.04 Å². The fourth-order valence-corrected chi connectivity index (χ4v) is 3.20. The molecule has 0 amide bonds. The molecule has 0 radical (unpaired) electrons. The Kier molecular flexibility index (Phi) is 6.55. The normalized spacial score (nSPS) is 13.7. The highest BCUT2D eigenvalue weighted by Crippen LogP contribution is 2.23. The zero-order valence-corrected chi connectivity index (χ0v) is 12.6. The Hall–Kier alpha value is -1.01. The summed E-state index contributed by atoms with van der Waals surface area (Å²) in [6.45, 7) is 4.76. The molecule has 114 valence electrons. The summed E-state index contributed by atoms with van der Waals surface area (Å²) in [5.74, 6) is -3.38. The molecule has 0 aromatic heterocycles. The summed E-state index contributed by atoms with van der Waals surface area (Å²) in [5.41, 5.74) is 0.451. The van der Waals surface area contributed by atoms with Crippen molar-refractivity contribution in [2.75, 3.05) is 6.54 Å². The van der Waals surface area contributed by atoms with Gasteiger partial charge in [-0.1, -0.05) is 38.5 Å². The van der Waals surface area contributed by atoms with Gasteiger partial charge in [-0.3, -0.25) is 0 Å². The molecule has 1 atom stereocenters. The third kappa shape index (κ3) is 4.24. The lowest BCUT2D eigenvalue weighted by atomic mass is 10.0. The number of alkyl halides is 2. The number of likely N-dealkylation sites (N-methyl/N-ethyl adjacent to an activating group) is 1. The fraction of sp³-hybridized carbons (Fsp3) is 0.571. The van der Waals surface area contributed by atoms with E-state index in [1.54, 1.807) is 12.1 Å². The number of halogens is 2. The van der Waals surface area contributed by atoms with Gasteiger partial charge in [-0.25, -0.2) is 8.42 Å². The van der Waals surface area contributed by atoms with Gasteiger partial charge in [-0.15, -0.1) is 0 Å². The van der Waals surface area contributed by atoms with Crippen LogP contribution in [0.3, 0.4) is 0 Å². The first kappa shape index (κ1) is 17.0. The van der Waals surface area contributed by atoms with Crippen molar-refractivity contribution in [1.82, 2.24) is 5.32 Å². The predicted octanol–water partition coefficient (Wildman–Crippen LogP) is 3.00. The van der Waals surface area contributed by atoms with Gasteiger partial charge in [-0.05, 0) is 31.0 Å². The maximum Gasteiger partial charge on any atom is 0.341 e. The number of sulfone groups is 1. The molecule has 20 heavy (non-hydrogen) atoms. The highest BCUT2D eigenvalue weighted by Gasteiger charge is 2.29. The van der Waals surface area contributed by atoms with E-state index in [9.17, 15) is 17.2 Å². The Morgan fingerprint density at radius 1 is 1.20 bits per heavy atom. The van der Waals surface area contributed by atoms with Crippen LogP contribution >= 0.6 is 0 Å². The van der Waals surface area contributed by atoms with Crippen LogP contribution in [0.15, 0.2) is 29.2 Å². The van der Waals surface area contributed by atoms with Gasteiger partial charge in [0.2, 0.25) is 9.84 Å². The topological polar surface area (TPSA) is 46.2 Å². The van der Waals surface area contributed by atoms with Crippen LogP contribution in [0.1, 0.15) is 32.3 Å². The summed E-state index contributed by atoms with van der Waals surface area (Å²) < 4.78 is 48.8. The molecule has 0 fully saturated rings. The Bertz CT molecular complexity index is 512. The van der Waals surface area contributed by atoms with Crippen molar-refractivity contribution in [3.8, 4) is 0 Å². The molecule has 0 aliphatic rings. The highest BCUT2D eigenvalue weighted by molar-refractivity contribution is 7.91. The molecule has 0 spiro atoms. The number of nitrogens with one attached hydrogen (secondary N) is 1. The second-order valence-electron chi connectivity index (χ2n) is 4.66. The van der Waals surface area contributed by atoms with Crippen LogP contribution in [0.4, 0.5) is 8.78 Å². The van der Waals surface area contributed by atoms with E-state index < -0.39 is 15.6 Å². The van der Waals surface area contributed by atoms with E-state index in [1.807, 2.05) is 13.8 Å². The van der Waals surface area contributed by atoms with Gasteiger partial charge in [0.05, 0.1) is 4.90 Å². The van der Waals surface area contributed by atoms with E-state index in [0.29, 0.717) is 12.0 Å². The summed E-state index contributed by atoms with van der Waals surface area (Å²) >= 11 is 0. The second-order valence-corrected chi connectivity index (χ2v) is 6.55. The minimum Gasteiger partial charge on any atom is -0.314 e. The Balaban J connectivity index is 3.07. The van der Waals surface area contributed by atoms with Crippen molar-refractivity contribution in [3.63, 3.8) is 0 Å². The Labute approximate surface area is 119 Å². The first-order valence-corrected chi connectivity index (χ1v) is 8.31. The SMILES string of the molecule is CCCC(Cc1ccccc1S(=O)(=O)C(F)F)NCC. The Morgan fingerprint density at radius 2 is 1.85 bits per heavy atom. The average Bonchev–Trinajstić information content (AvgIpc) is 2.39. The monoisotopic (exact) mass is 305 g/mol. The largest absolute Gasteiger partial charge is 0.341 e. The maximum atomic E-state index is 12.7. The van der Waals surface area contributed by atoms with Gasteiger partial charge >= 0.3 is 5.76 Å². The molecule has 0 saturated carbocycles. The van der Waals surface area contributed by atoms with Crippen LogP contribution in [-0.2, 0) is 16.3 Å². The van der Waals surface area contributed by atoms with Crippen LogP contribution in [0.5, 0.6) is 0 Å². The maximum absolute atomic E-state index is 12.7. The molecule has 1 aromatic rings. The number of hydrogen-bond acceptors (Lipinski definition) is 3. The van der Waals surface area contributed by atoms with Crippen molar-refractivity contribution in [2.45, 2.75) is 49.8 Å². The molecule has 0 saturated heterocycles. The number of hydrogen-bond donors (Lipinski definition) is 1. The van der Waals surface area contributed by atoms with E-state index in [-0.39, 0.29) is 10.9 Å². The molecular formula is C14H21F2NO2S. The molecule has 3 nitrogen and oxygen atoms in total. The first-order valence-electron chi connectivity index (χ1n) is 6.76. The van der Waals surface area contributed by atoms with Gasteiger partial charge in [0.15, 0.2) is 0 Å². The van der Waals surface area contributed by atoms with Crippen LogP contribution in [-0.4, -0.2) is 26.8 Å². The lowest BCUT2D eigenvalue weighted by Gasteiger charge is -2.19. The molecular weight excluding hydrogens is 284 g/mol. The quantitative estimate of drug-likeness (QED) is 0.803. The van der Waals surface area contributed by atoms with E-state index >= 15 is 0 Å². The first-order chi connectivity index (χ1) is 9.43. The number of rotatable bonds is 8. The molecule has 1 N–H and O–H groups in total. The van der Waals surface area contributed by atoms with Crippen molar-refractivity contribution in [2.24, 2.45) is 0 Å². The third-order valence-electron chi connectivity index (χ3n) is 3.11. The van der Waals surface area contributed by atoms with E-state index in [2.05, 4.69) is 5.32 Å². The molecule has 0 aliphatic heterocycles. The number of benzene rings is 1. The lowest BCUT2D eigenvalue weighted by molar-refractivity contribution is 0.234. The average molecular weight is 305 g/mol. The molecule has 6 heteroatoms. The minimum absolute atomic E-state index is 0.0963.